The smallest absolute Gasteiger partial charge is 0.404 e. The first-order chi connectivity index (χ1) is 11.7. The zero-order chi connectivity index (χ0) is 18.8. The molecular weight excluding hydrogens is 425 g/mol. The Balaban J connectivity index is 2.66. The summed E-state index contributed by atoms with van der Waals surface area (Å²) in [6, 6.07) is 2.23. The average Bonchev–Trinajstić information content (AvgIpc) is 2.53. The van der Waals surface area contributed by atoms with Gasteiger partial charge in [-0.15, -0.1) is 0 Å². The number of halogens is 3. The van der Waals surface area contributed by atoms with Crippen LogP contribution in [0.1, 0.15) is 30.0 Å². The lowest BCUT2D eigenvalue weighted by molar-refractivity contribution is 0.0355. The van der Waals surface area contributed by atoms with Crippen LogP contribution in [-0.2, 0) is 19.3 Å². The van der Waals surface area contributed by atoms with Crippen LogP contribution in [0.15, 0.2) is 22.8 Å². The van der Waals surface area contributed by atoms with Gasteiger partial charge in [-0.25, -0.2) is 14.8 Å². The Morgan fingerprint density at radius 1 is 1.32 bits per heavy atom. The lowest BCUT2D eigenvalue weighted by Crippen LogP contribution is -2.19. The Hall–Kier alpha value is -1.48. The van der Waals surface area contributed by atoms with Gasteiger partial charge in [-0.3, -0.25) is 4.57 Å². The van der Waals surface area contributed by atoms with Crippen molar-refractivity contribution in [3.63, 3.8) is 0 Å². The molecule has 0 saturated carbocycles. The molecular formula is C14H14BrF2N2O5P. The molecule has 0 aliphatic heterocycles. The van der Waals surface area contributed by atoms with Crippen LogP contribution in [0.4, 0.5) is 8.78 Å². The summed E-state index contributed by atoms with van der Waals surface area (Å²) >= 11 is 3.01. The zero-order valence-electron chi connectivity index (χ0n) is 13.2. The summed E-state index contributed by atoms with van der Waals surface area (Å²) in [7, 11) is -4.80. The van der Waals surface area contributed by atoms with Crippen LogP contribution in [0.5, 0.6) is 0 Å². The number of hydrogen-bond donors (Lipinski definition) is 1. The number of aromatic nitrogens is 2. The molecule has 0 bridgehead atoms. The highest BCUT2D eigenvalue weighted by atomic mass is 79.9. The van der Waals surface area contributed by atoms with E-state index in [2.05, 4.69) is 25.9 Å². The van der Waals surface area contributed by atoms with Gasteiger partial charge < -0.3 is 14.2 Å². The number of hydrogen-bond acceptors (Lipinski definition) is 6. The lowest BCUT2D eigenvalue weighted by atomic mass is 10.1. The van der Waals surface area contributed by atoms with Gasteiger partial charge in [0.25, 0.3) is 0 Å². The third kappa shape index (κ3) is 3.72. The lowest BCUT2D eigenvalue weighted by Gasteiger charge is -2.26. The quantitative estimate of drug-likeness (QED) is 0.639. The number of carboxylic acid groups (broad SMARTS) is 1. The van der Waals surface area contributed by atoms with Gasteiger partial charge in [-0.05, 0) is 26.0 Å². The molecule has 1 heterocycles. The summed E-state index contributed by atoms with van der Waals surface area (Å²) in [4.78, 5) is 18.3. The fourth-order valence-corrected chi connectivity index (χ4v) is 4.39. The normalized spacial score (nSPS) is 12.5. The van der Waals surface area contributed by atoms with Gasteiger partial charge in [-0.2, -0.15) is 8.78 Å². The fourth-order valence-electron chi connectivity index (χ4n) is 2.07. The molecule has 0 unspecified atom stereocenters. The van der Waals surface area contributed by atoms with Crippen LogP contribution in [0.3, 0.4) is 0 Å². The predicted molar refractivity (Wildman–Crippen MR) is 88.9 cm³/mol. The first kappa shape index (κ1) is 19.8. The second kappa shape index (κ2) is 7.41. The topological polar surface area (TPSA) is 98.6 Å². The molecule has 0 spiro atoms. The van der Waals surface area contributed by atoms with Gasteiger partial charge in [0, 0.05) is 21.6 Å². The molecule has 1 N–H and O–H groups in total. The summed E-state index contributed by atoms with van der Waals surface area (Å²) in [5.74, 6) is -1.94. The molecule has 0 fully saturated rings. The van der Waals surface area contributed by atoms with E-state index in [0.29, 0.717) is 5.39 Å². The Bertz CT molecular complexity index is 854. The largest absolute Gasteiger partial charge is 0.475 e. The van der Waals surface area contributed by atoms with Gasteiger partial charge in [0.1, 0.15) is 0 Å². The Kier molecular flexibility index (Phi) is 5.88. The summed E-state index contributed by atoms with van der Waals surface area (Å²) < 4.78 is 51.9. The predicted octanol–water partition coefficient (Wildman–Crippen LogP) is 4.41. The van der Waals surface area contributed by atoms with Gasteiger partial charge in [0.15, 0.2) is 0 Å². The molecule has 0 amide bonds. The van der Waals surface area contributed by atoms with Crippen molar-refractivity contribution in [1.82, 2.24) is 9.97 Å². The SMILES string of the molecule is CCOP(=O)(OCC)C(F)(F)c1cc2nc(C(=O)O)ncc2cc1Br. The minimum Gasteiger partial charge on any atom is -0.475 e. The molecule has 0 aliphatic carbocycles. The third-order valence-corrected chi connectivity index (χ3v) is 5.91. The number of carbonyl (C=O) groups is 1. The van der Waals surface area contributed by atoms with E-state index in [9.17, 15) is 18.1 Å². The summed E-state index contributed by atoms with van der Waals surface area (Å²) in [5, 5.41) is 9.26. The van der Waals surface area contributed by atoms with Crippen molar-refractivity contribution in [3.8, 4) is 0 Å². The first-order valence-electron chi connectivity index (χ1n) is 7.13. The number of fused-ring (bicyclic) bond motifs is 1. The van der Waals surface area contributed by atoms with Crippen molar-refractivity contribution in [2.24, 2.45) is 0 Å². The van der Waals surface area contributed by atoms with E-state index in [1.54, 1.807) is 0 Å². The van der Waals surface area contributed by atoms with Crippen LogP contribution in [-0.4, -0.2) is 34.3 Å². The molecule has 0 aliphatic rings. The summed E-state index contributed by atoms with van der Waals surface area (Å²) in [6.07, 6.45) is 1.20. The number of nitrogens with zero attached hydrogens (tertiary/aromatic N) is 2. The second-order valence-electron chi connectivity index (χ2n) is 4.76. The maximum absolute atomic E-state index is 14.9. The maximum atomic E-state index is 14.9. The fraction of sp³-hybridized carbons (Fsp3) is 0.357. The standard InChI is InChI=1S/C14H14BrF2N2O5P/c1-3-23-25(22,24-4-2)14(16,17)9-6-11-8(5-10(9)15)7-18-12(19-11)13(20)21/h5-7H,3-4H2,1-2H3,(H,20,21). The molecule has 1 aromatic carbocycles. The molecule has 0 atom stereocenters. The number of alkyl halides is 2. The number of aromatic carboxylic acids is 1. The Labute approximate surface area is 150 Å². The van der Waals surface area contributed by atoms with E-state index in [1.165, 1.54) is 26.1 Å². The van der Waals surface area contributed by atoms with Crippen molar-refractivity contribution in [2.75, 3.05) is 13.2 Å². The van der Waals surface area contributed by atoms with Crippen molar-refractivity contribution < 1.29 is 32.3 Å². The Morgan fingerprint density at radius 2 is 1.92 bits per heavy atom. The van der Waals surface area contributed by atoms with Crippen LogP contribution in [0.2, 0.25) is 0 Å². The molecule has 2 aromatic rings. The molecule has 136 valence electrons. The van der Waals surface area contributed by atoms with E-state index < -0.39 is 30.6 Å². The molecule has 0 radical (unpaired) electrons. The molecule has 11 heteroatoms. The summed E-state index contributed by atoms with van der Waals surface area (Å²) in [6.45, 7) is 2.37. The minimum atomic E-state index is -4.80. The van der Waals surface area contributed by atoms with Gasteiger partial charge in [0.05, 0.1) is 18.7 Å². The van der Waals surface area contributed by atoms with Crippen LogP contribution in [0, 0.1) is 0 Å². The molecule has 1 aromatic heterocycles. The van der Waals surface area contributed by atoms with Crippen molar-refractivity contribution in [3.05, 3.63) is 34.2 Å². The second-order valence-corrected chi connectivity index (χ2v) is 7.69. The zero-order valence-corrected chi connectivity index (χ0v) is 15.7. The maximum Gasteiger partial charge on any atom is 0.404 e. The van der Waals surface area contributed by atoms with E-state index >= 15 is 0 Å². The van der Waals surface area contributed by atoms with Gasteiger partial charge in [0.2, 0.25) is 5.82 Å². The highest BCUT2D eigenvalue weighted by molar-refractivity contribution is 9.10. The third-order valence-electron chi connectivity index (χ3n) is 3.13. The number of rotatable bonds is 7. The average molecular weight is 439 g/mol. The van der Waals surface area contributed by atoms with Crippen molar-refractivity contribution in [1.29, 1.82) is 0 Å². The molecule has 0 saturated heterocycles. The van der Waals surface area contributed by atoms with E-state index in [1.807, 2.05) is 0 Å². The highest BCUT2D eigenvalue weighted by Crippen LogP contribution is 2.67. The van der Waals surface area contributed by atoms with Crippen molar-refractivity contribution >= 4 is 40.4 Å². The monoisotopic (exact) mass is 438 g/mol. The van der Waals surface area contributed by atoms with Crippen LogP contribution >= 0.6 is 23.5 Å². The Morgan fingerprint density at radius 3 is 2.44 bits per heavy atom. The van der Waals surface area contributed by atoms with Gasteiger partial charge in [-0.1, -0.05) is 15.9 Å². The number of carboxylic acids is 1. The van der Waals surface area contributed by atoms with E-state index in [0.717, 1.165) is 6.07 Å². The van der Waals surface area contributed by atoms with Crippen molar-refractivity contribution in [2.45, 2.75) is 19.5 Å². The molecule has 2 rings (SSSR count). The van der Waals surface area contributed by atoms with Gasteiger partial charge >= 0.3 is 19.2 Å². The highest BCUT2D eigenvalue weighted by Gasteiger charge is 2.55. The first-order valence-corrected chi connectivity index (χ1v) is 9.47. The van der Waals surface area contributed by atoms with Crippen LogP contribution < -0.4 is 0 Å². The van der Waals surface area contributed by atoms with Crippen LogP contribution in [0.25, 0.3) is 10.9 Å². The van der Waals surface area contributed by atoms with E-state index in [4.69, 9.17) is 14.2 Å². The minimum absolute atomic E-state index is 0.0372. The number of benzene rings is 1. The summed E-state index contributed by atoms with van der Waals surface area (Å²) in [5.41, 5.74) is -4.69. The molecule has 25 heavy (non-hydrogen) atoms. The molecule has 7 nitrogen and oxygen atoms in total. The van der Waals surface area contributed by atoms with E-state index in [-0.39, 0.29) is 23.2 Å².